The Kier molecular flexibility index (Phi) is 25.6. The van der Waals surface area contributed by atoms with E-state index in [1.165, 1.54) is 63.5 Å². The molecule has 3 amide bonds. The van der Waals surface area contributed by atoms with E-state index in [0.29, 0.717) is 59.6 Å². The number of rotatable bonds is 34. The Bertz CT molecular complexity index is 2160. The van der Waals surface area contributed by atoms with Crippen LogP contribution in [-0.2, 0) is 20.9 Å². The summed E-state index contributed by atoms with van der Waals surface area (Å²) < 4.78 is 16.3. The smallest absolute Gasteiger partial charge is 0.326 e. The molecular weight excluding hydrogens is 872 g/mol. The monoisotopic (exact) mass is 951 g/mol. The van der Waals surface area contributed by atoms with Crippen molar-refractivity contribution in [2.24, 2.45) is 0 Å². The number of amides is 3. The van der Waals surface area contributed by atoms with Crippen molar-refractivity contribution in [1.82, 2.24) is 15.2 Å². The molecule has 3 aromatic carbocycles. The standard InChI is InChI=1S/C57H79FN4O7/c1-4-5-6-7-8-9-10-11-12-13-14-15-16-17-24-32-50(65)59-38-26-25-31-49(57(68)69)61-51(66)41-48(64)40-47(63)37-39-62-54(42(2)3)53(56(67)60-46-29-22-19-23-30-46)52(43-27-20-18-21-28-43)55(62)44-33-35-45(58)36-34-44/h11-12,18-23,27-30,33-36,42,47-49,63-64H,4-10,13-17,24-26,31-32,37-41H2,1-3H3,(H,59,65)(H,60,67)(H,61,66)(H,68,69)/b12-11-/t47-,48-,49?/m1/s1. The number of halogens is 1. The van der Waals surface area contributed by atoms with E-state index in [0.717, 1.165) is 37.7 Å². The average molecular weight is 951 g/mol. The number of carboxylic acid groups (broad SMARTS) is 1. The zero-order valence-electron chi connectivity index (χ0n) is 41.4. The molecule has 0 aliphatic heterocycles. The molecule has 0 radical (unpaired) electrons. The van der Waals surface area contributed by atoms with Crippen LogP contribution < -0.4 is 16.0 Å². The maximum Gasteiger partial charge on any atom is 0.326 e. The number of nitrogens with one attached hydrogen (secondary N) is 3. The van der Waals surface area contributed by atoms with Gasteiger partial charge < -0.3 is 35.8 Å². The number of aliphatic hydroxyl groups is 2. The van der Waals surface area contributed by atoms with Gasteiger partial charge in [-0.2, -0.15) is 0 Å². The van der Waals surface area contributed by atoms with E-state index in [2.05, 4.69) is 35.0 Å². The third-order valence-electron chi connectivity index (χ3n) is 12.5. The molecule has 0 spiro atoms. The summed E-state index contributed by atoms with van der Waals surface area (Å²) in [7, 11) is 0. The topological polar surface area (TPSA) is 170 Å². The SMILES string of the molecule is CCCCCCCC/C=C\CCCCCCCC(=O)NCCCCC(NC(=O)C[C@H](O)C[C@H](O)CCn1c(-c2ccc(F)cc2)c(-c2ccccc2)c(C(=O)Nc2ccccc2)c1C(C)C)C(=O)O. The molecule has 0 saturated heterocycles. The van der Waals surface area contributed by atoms with Crippen LogP contribution in [0, 0.1) is 5.82 Å². The molecule has 4 aromatic rings. The number of aliphatic hydroxyl groups excluding tert-OH is 2. The minimum absolute atomic E-state index is 0.0122. The van der Waals surface area contributed by atoms with Gasteiger partial charge in [-0.15, -0.1) is 0 Å². The molecule has 0 aliphatic rings. The molecular formula is C57H79FN4O7. The molecule has 0 saturated carbocycles. The third-order valence-corrected chi connectivity index (χ3v) is 12.5. The number of allylic oxidation sites excluding steroid dienone is 2. The molecule has 376 valence electrons. The fourth-order valence-electron chi connectivity index (χ4n) is 8.87. The number of hydrogen-bond donors (Lipinski definition) is 6. The molecule has 6 N–H and O–H groups in total. The second-order valence-electron chi connectivity index (χ2n) is 18.7. The lowest BCUT2D eigenvalue weighted by molar-refractivity contribution is -0.142. The van der Waals surface area contributed by atoms with E-state index in [1.807, 2.05) is 79.1 Å². The lowest BCUT2D eigenvalue weighted by Crippen LogP contribution is -2.42. The fraction of sp³-hybridized carbons (Fsp3) is 0.509. The Morgan fingerprint density at radius 3 is 1.91 bits per heavy atom. The van der Waals surface area contributed by atoms with E-state index in [-0.39, 0.29) is 43.5 Å². The molecule has 69 heavy (non-hydrogen) atoms. The van der Waals surface area contributed by atoms with Crippen LogP contribution >= 0.6 is 0 Å². The number of anilines is 1. The Morgan fingerprint density at radius 1 is 0.681 bits per heavy atom. The Hall–Kier alpha value is -5.59. The predicted octanol–water partition coefficient (Wildman–Crippen LogP) is 12.1. The van der Waals surface area contributed by atoms with Crippen LogP contribution in [0.4, 0.5) is 10.1 Å². The summed E-state index contributed by atoms with van der Waals surface area (Å²) in [5, 5.41) is 40.5. The molecule has 3 atom stereocenters. The summed E-state index contributed by atoms with van der Waals surface area (Å²) in [5.74, 6) is -2.75. The number of carbonyl (C=O) groups excluding carboxylic acids is 3. The number of aromatic nitrogens is 1. The van der Waals surface area contributed by atoms with Gasteiger partial charge in [-0.3, -0.25) is 14.4 Å². The van der Waals surface area contributed by atoms with Gasteiger partial charge in [0.05, 0.1) is 29.9 Å². The van der Waals surface area contributed by atoms with Gasteiger partial charge in [0.1, 0.15) is 11.9 Å². The van der Waals surface area contributed by atoms with Gasteiger partial charge in [0.2, 0.25) is 11.8 Å². The van der Waals surface area contributed by atoms with Gasteiger partial charge >= 0.3 is 5.97 Å². The molecule has 0 bridgehead atoms. The molecule has 1 unspecified atom stereocenters. The second kappa shape index (κ2) is 31.5. The lowest BCUT2D eigenvalue weighted by atomic mass is 9.94. The van der Waals surface area contributed by atoms with E-state index < -0.39 is 42.4 Å². The lowest BCUT2D eigenvalue weighted by Gasteiger charge is -2.21. The highest BCUT2D eigenvalue weighted by Crippen LogP contribution is 2.42. The highest BCUT2D eigenvalue weighted by molar-refractivity contribution is 6.12. The van der Waals surface area contributed by atoms with E-state index in [9.17, 15) is 38.9 Å². The summed E-state index contributed by atoms with van der Waals surface area (Å²) in [6.45, 7) is 6.85. The van der Waals surface area contributed by atoms with Crippen molar-refractivity contribution in [2.75, 3.05) is 11.9 Å². The van der Waals surface area contributed by atoms with Crippen molar-refractivity contribution < 1.29 is 38.9 Å². The zero-order chi connectivity index (χ0) is 49.8. The van der Waals surface area contributed by atoms with Crippen molar-refractivity contribution in [3.8, 4) is 22.4 Å². The second-order valence-corrected chi connectivity index (χ2v) is 18.7. The van der Waals surface area contributed by atoms with Crippen LogP contribution in [-0.4, -0.2) is 68.4 Å². The number of unbranched alkanes of at least 4 members (excludes halogenated alkanes) is 12. The minimum Gasteiger partial charge on any atom is -0.480 e. The van der Waals surface area contributed by atoms with Gasteiger partial charge in [0.15, 0.2) is 0 Å². The molecule has 12 heteroatoms. The first-order valence-corrected chi connectivity index (χ1v) is 25.6. The number of carboxylic acids is 1. The first-order valence-electron chi connectivity index (χ1n) is 25.6. The van der Waals surface area contributed by atoms with Crippen LogP contribution in [0.25, 0.3) is 22.4 Å². The van der Waals surface area contributed by atoms with Crippen molar-refractivity contribution in [3.05, 3.63) is 114 Å². The molecule has 0 fully saturated rings. The minimum atomic E-state index is -1.26. The molecule has 4 rings (SSSR count). The average Bonchev–Trinajstić information content (AvgIpc) is 3.68. The van der Waals surface area contributed by atoms with Gasteiger partial charge in [0, 0.05) is 36.5 Å². The molecule has 1 heterocycles. The number of carbonyl (C=O) groups is 4. The maximum absolute atomic E-state index is 14.4. The number of para-hydroxylation sites is 1. The maximum atomic E-state index is 14.4. The summed E-state index contributed by atoms with van der Waals surface area (Å²) >= 11 is 0. The fourth-order valence-corrected chi connectivity index (χ4v) is 8.87. The summed E-state index contributed by atoms with van der Waals surface area (Å²) in [5.41, 5.74) is 4.57. The number of benzene rings is 3. The van der Waals surface area contributed by atoms with Crippen molar-refractivity contribution in [1.29, 1.82) is 0 Å². The Morgan fingerprint density at radius 2 is 1.29 bits per heavy atom. The van der Waals surface area contributed by atoms with Gasteiger partial charge in [-0.05, 0) is 118 Å². The quantitative estimate of drug-likeness (QED) is 0.0200. The highest BCUT2D eigenvalue weighted by Gasteiger charge is 2.31. The number of nitrogens with zero attached hydrogens (tertiary/aromatic N) is 1. The van der Waals surface area contributed by atoms with E-state index in [1.54, 1.807) is 12.1 Å². The van der Waals surface area contributed by atoms with Crippen LogP contribution in [0.5, 0.6) is 0 Å². The van der Waals surface area contributed by atoms with Gasteiger partial charge in [0.25, 0.3) is 5.91 Å². The van der Waals surface area contributed by atoms with E-state index >= 15 is 0 Å². The highest BCUT2D eigenvalue weighted by atomic mass is 19.1. The summed E-state index contributed by atoms with van der Waals surface area (Å²) in [6.07, 6.45) is 19.1. The summed E-state index contributed by atoms with van der Waals surface area (Å²) in [6, 6.07) is 23.6. The van der Waals surface area contributed by atoms with Crippen molar-refractivity contribution in [2.45, 2.75) is 180 Å². The Labute approximate surface area is 410 Å². The molecule has 11 nitrogen and oxygen atoms in total. The van der Waals surface area contributed by atoms with Crippen molar-refractivity contribution in [3.63, 3.8) is 0 Å². The number of hydrogen-bond acceptors (Lipinski definition) is 6. The normalized spacial score (nSPS) is 12.8. The largest absolute Gasteiger partial charge is 0.480 e. The number of aliphatic carboxylic acids is 1. The zero-order valence-corrected chi connectivity index (χ0v) is 41.4. The van der Waals surface area contributed by atoms with Gasteiger partial charge in [-0.1, -0.05) is 133 Å². The van der Waals surface area contributed by atoms with E-state index in [4.69, 9.17) is 0 Å². The Balaban J connectivity index is 1.24. The van der Waals surface area contributed by atoms with Crippen LogP contribution in [0.1, 0.15) is 171 Å². The summed E-state index contributed by atoms with van der Waals surface area (Å²) in [4.78, 5) is 51.7. The predicted molar refractivity (Wildman–Crippen MR) is 275 cm³/mol. The molecule has 1 aromatic heterocycles. The van der Waals surface area contributed by atoms with Crippen LogP contribution in [0.15, 0.2) is 97.1 Å². The van der Waals surface area contributed by atoms with Crippen LogP contribution in [0.3, 0.4) is 0 Å². The first kappa shape index (κ1) is 56.0. The third kappa shape index (κ3) is 20.1. The van der Waals surface area contributed by atoms with Crippen molar-refractivity contribution >= 4 is 29.4 Å². The molecule has 0 aliphatic carbocycles. The van der Waals surface area contributed by atoms with Gasteiger partial charge in [-0.25, -0.2) is 9.18 Å². The van der Waals surface area contributed by atoms with Crippen LogP contribution in [0.2, 0.25) is 0 Å². The first-order chi connectivity index (χ1) is 33.4.